The fraction of sp³-hybridized carbons (Fsp3) is 0.370. The van der Waals surface area contributed by atoms with Crippen LogP contribution in [0.15, 0.2) is 48.7 Å². The Kier molecular flexibility index (Phi) is 9.00. The van der Waals surface area contributed by atoms with Crippen molar-refractivity contribution in [2.45, 2.75) is 46.1 Å². The molecule has 0 aliphatic heterocycles. The fourth-order valence-corrected chi connectivity index (χ4v) is 4.27. The Labute approximate surface area is 223 Å². The minimum Gasteiger partial charge on any atom is -0.491 e. The Hall–Kier alpha value is -3.35. The third-order valence-corrected chi connectivity index (χ3v) is 6.61. The number of rotatable bonds is 11. The summed E-state index contributed by atoms with van der Waals surface area (Å²) >= 11 is 6.55. The van der Waals surface area contributed by atoms with Crippen LogP contribution in [0.1, 0.15) is 56.5 Å². The van der Waals surface area contributed by atoms with Crippen molar-refractivity contribution in [1.29, 1.82) is 5.26 Å². The van der Waals surface area contributed by atoms with Gasteiger partial charge in [-0.05, 0) is 53.8 Å². The van der Waals surface area contributed by atoms with Crippen molar-refractivity contribution in [3.63, 3.8) is 0 Å². The van der Waals surface area contributed by atoms with Crippen LogP contribution in [-0.2, 0) is 22.0 Å². The molecule has 0 unspecified atom stereocenters. The molecule has 10 heteroatoms. The molecule has 0 saturated heterocycles. The second-order valence-corrected chi connectivity index (χ2v) is 11.8. The molecule has 1 aromatic heterocycles. The molecule has 1 heterocycles. The molecule has 0 saturated carbocycles. The lowest BCUT2D eigenvalue weighted by Gasteiger charge is -2.27. The van der Waals surface area contributed by atoms with E-state index in [1.165, 1.54) is 6.20 Å². The third-order valence-electron chi connectivity index (χ3n) is 5.78. The minimum absolute atomic E-state index is 0.00700. The predicted molar refractivity (Wildman–Crippen MR) is 145 cm³/mol. The Morgan fingerprint density at radius 2 is 1.81 bits per heavy atom. The van der Waals surface area contributed by atoms with Gasteiger partial charge in [0.15, 0.2) is 5.75 Å². The van der Waals surface area contributed by atoms with Gasteiger partial charge in [-0.3, -0.25) is 4.72 Å². The smallest absolute Gasteiger partial charge is 0.236 e. The summed E-state index contributed by atoms with van der Waals surface area (Å²) in [5.74, 6) is 1.53. The first kappa shape index (κ1) is 28.2. The van der Waals surface area contributed by atoms with Gasteiger partial charge in [0, 0.05) is 11.6 Å². The molecule has 3 aromatic rings. The zero-order chi connectivity index (χ0) is 27.2. The number of sulfonamides is 1. The molecule has 1 N–H and O–H groups in total. The standard InChI is InChI=1S/C27H31ClN4O4S/c1-18(2)11-13-35-25-19(16-29)14-21(15-24(25)28)27(3,4)20-6-8-23(9-7-20)36-17-22-10-12-30-26(31-22)32-37(5,33)34/h6-10,12,14-15,18H,11,13,17H2,1-5H3,(H,30,31,32). The maximum Gasteiger partial charge on any atom is 0.236 e. The van der Waals surface area contributed by atoms with Crippen molar-refractivity contribution in [3.05, 3.63) is 76.1 Å². The van der Waals surface area contributed by atoms with Crippen LogP contribution in [0.2, 0.25) is 5.02 Å². The zero-order valence-corrected chi connectivity index (χ0v) is 23.2. The molecule has 8 nitrogen and oxygen atoms in total. The van der Waals surface area contributed by atoms with E-state index in [1.807, 2.05) is 36.4 Å². The van der Waals surface area contributed by atoms with Crippen LogP contribution in [-0.4, -0.2) is 31.2 Å². The molecular formula is C27H31ClN4O4S. The highest BCUT2D eigenvalue weighted by atomic mass is 35.5. The second kappa shape index (κ2) is 11.8. The molecule has 2 aromatic carbocycles. The lowest BCUT2D eigenvalue weighted by molar-refractivity contribution is 0.289. The van der Waals surface area contributed by atoms with Gasteiger partial charge in [-0.15, -0.1) is 0 Å². The first-order valence-corrected chi connectivity index (χ1v) is 14.1. The minimum atomic E-state index is -3.47. The van der Waals surface area contributed by atoms with Crippen molar-refractivity contribution >= 4 is 27.6 Å². The van der Waals surface area contributed by atoms with Crippen LogP contribution in [0.3, 0.4) is 0 Å². The van der Waals surface area contributed by atoms with Crippen molar-refractivity contribution in [3.8, 4) is 17.6 Å². The lowest BCUT2D eigenvalue weighted by atomic mass is 9.77. The number of benzene rings is 2. The Balaban J connectivity index is 1.73. The highest BCUT2D eigenvalue weighted by Gasteiger charge is 2.26. The van der Waals surface area contributed by atoms with Crippen molar-refractivity contribution < 1.29 is 17.9 Å². The maximum absolute atomic E-state index is 11.4. The number of anilines is 1. The molecule has 0 fully saturated rings. The van der Waals surface area contributed by atoms with Crippen LogP contribution in [0.4, 0.5) is 5.95 Å². The third kappa shape index (κ3) is 7.81. The SMILES string of the molecule is CC(C)CCOc1c(Cl)cc(C(C)(C)c2ccc(OCc3ccnc(NS(C)(=O)=O)n3)cc2)cc1C#N. The number of hydrogen-bond donors (Lipinski definition) is 1. The summed E-state index contributed by atoms with van der Waals surface area (Å²) in [5.41, 5.74) is 2.40. The average molecular weight is 543 g/mol. The second-order valence-electron chi connectivity index (χ2n) is 9.66. The van der Waals surface area contributed by atoms with Crippen LogP contribution < -0.4 is 14.2 Å². The number of nitrogens with one attached hydrogen (secondary N) is 1. The van der Waals surface area contributed by atoms with Crippen molar-refractivity contribution in [2.75, 3.05) is 17.6 Å². The fourth-order valence-electron chi connectivity index (χ4n) is 3.56. The topological polar surface area (TPSA) is 114 Å². The first-order chi connectivity index (χ1) is 17.4. The van der Waals surface area contributed by atoms with Crippen molar-refractivity contribution in [2.24, 2.45) is 5.92 Å². The Bertz CT molecular complexity index is 1380. The quantitative estimate of drug-likeness (QED) is 0.330. The molecule has 3 rings (SSSR count). The molecule has 0 aliphatic rings. The number of nitrogens with zero attached hydrogens (tertiary/aromatic N) is 3. The lowest BCUT2D eigenvalue weighted by Crippen LogP contribution is -2.19. The van der Waals surface area contributed by atoms with Gasteiger partial charge in [-0.2, -0.15) is 5.26 Å². The summed E-state index contributed by atoms with van der Waals surface area (Å²) in [6.07, 6.45) is 3.37. The van der Waals surface area contributed by atoms with Crippen LogP contribution in [0.25, 0.3) is 0 Å². The molecular weight excluding hydrogens is 512 g/mol. The van der Waals surface area contributed by atoms with Gasteiger partial charge in [0.25, 0.3) is 0 Å². The van der Waals surface area contributed by atoms with E-state index >= 15 is 0 Å². The van der Waals surface area contributed by atoms with Crippen LogP contribution in [0.5, 0.6) is 11.5 Å². The highest BCUT2D eigenvalue weighted by Crippen LogP contribution is 2.38. The summed E-state index contributed by atoms with van der Waals surface area (Å²) in [4.78, 5) is 8.05. The van der Waals surface area contributed by atoms with E-state index < -0.39 is 15.4 Å². The van der Waals surface area contributed by atoms with E-state index in [2.05, 4.69) is 48.5 Å². The Morgan fingerprint density at radius 1 is 1.11 bits per heavy atom. The van der Waals surface area contributed by atoms with Gasteiger partial charge in [-0.25, -0.2) is 18.4 Å². The van der Waals surface area contributed by atoms with E-state index in [9.17, 15) is 13.7 Å². The van der Waals surface area contributed by atoms with E-state index in [0.717, 1.165) is 23.8 Å². The van der Waals surface area contributed by atoms with Gasteiger partial charge >= 0.3 is 0 Å². The Morgan fingerprint density at radius 3 is 2.43 bits per heavy atom. The van der Waals surface area contributed by atoms with Gasteiger partial charge in [0.2, 0.25) is 16.0 Å². The van der Waals surface area contributed by atoms with E-state index in [1.54, 1.807) is 6.07 Å². The number of hydrogen-bond acceptors (Lipinski definition) is 7. The van der Waals surface area contributed by atoms with Gasteiger partial charge in [-0.1, -0.05) is 51.4 Å². The van der Waals surface area contributed by atoms with Crippen LogP contribution >= 0.6 is 11.6 Å². The monoisotopic (exact) mass is 542 g/mol. The molecule has 196 valence electrons. The largest absolute Gasteiger partial charge is 0.491 e. The molecule has 0 amide bonds. The highest BCUT2D eigenvalue weighted by molar-refractivity contribution is 7.91. The number of ether oxygens (including phenoxy) is 2. The normalized spacial score (nSPS) is 11.7. The zero-order valence-electron chi connectivity index (χ0n) is 21.6. The molecule has 0 spiro atoms. The molecule has 0 aliphatic carbocycles. The molecule has 0 bridgehead atoms. The summed E-state index contributed by atoms with van der Waals surface area (Å²) in [6, 6.07) is 15.2. The summed E-state index contributed by atoms with van der Waals surface area (Å²) in [7, 11) is -3.47. The number of nitriles is 1. The molecule has 37 heavy (non-hydrogen) atoms. The van der Waals surface area contributed by atoms with Gasteiger partial charge in [0.05, 0.1) is 29.1 Å². The first-order valence-electron chi connectivity index (χ1n) is 11.8. The van der Waals surface area contributed by atoms with E-state index in [-0.39, 0.29) is 12.6 Å². The average Bonchev–Trinajstić information content (AvgIpc) is 2.82. The molecule has 0 radical (unpaired) electrons. The predicted octanol–water partition coefficient (Wildman–Crippen LogP) is 5.70. The summed E-state index contributed by atoms with van der Waals surface area (Å²) in [6.45, 7) is 9.00. The number of halogens is 1. The number of aromatic nitrogens is 2. The van der Waals surface area contributed by atoms with Crippen molar-refractivity contribution in [1.82, 2.24) is 9.97 Å². The van der Waals surface area contributed by atoms with Crippen LogP contribution in [0, 0.1) is 17.2 Å². The van der Waals surface area contributed by atoms with E-state index in [4.69, 9.17) is 21.1 Å². The van der Waals surface area contributed by atoms with Gasteiger partial charge in [0.1, 0.15) is 18.4 Å². The van der Waals surface area contributed by atoms with Gasteiger partial charge < -0.3 is 9.47 Å². The maximum atomic E-state index is 11.4. The summed E-state index contributed by atoms with van der Waals surface area (Å²) in [5, 5.41) is 10.1. The molecule has 0 atom stereocenters. The van der Waals surface area contributed by atoms with E-state index in [0.29, 0.717) is 40.3 Å². The summed E-state index contributed by atoms with van der Waals surface area (Å²) < 4.78 is 36.7.